The number of ether oxygens (including phenoxy) is 1. The van der Waals surface area contributed by atoms with Crippen molar-refractivity contribution in [1.82, 2.24) is 14.7 Å². The first-order chi connectivity index (χ1) is 17.5. The minimum Gasteiger partial charge on any atom is -1.00 e. The standard InChI is InChI=1S/C28H30ClN3O4.ClH/c29-22-9-7-20(8-10-22)18-36-19-23(33)17-31-13-11-30(12-14-31)15-16-32-27(34)24-5-1-3-21-4-2-6-25(26(21)24)28(32)35;/h1-10,23,33H,11-19H2;1H/p-1. The number of carbonyl (C=O) groups is 2. The fourth-order valence-electron chi connectivity index (χ4n) is 4.96. The van der Waals surface area contributed by atoms with E-state index in [1.165, 1.54) is 4.90 Å². The number of carbonyl (C=O) groups excluding carboxylic acids is 2. The highest BCUT2D eigenvalue weighted by molar-refractivity contribution is 6.30. The zero-order valence-electron chi connectivity index (χ0n) is 20.5. The average Bonchev–Trinajstić information content (AvgIpc) is 2.89. The van der Waals surface area contributed by atoms with Crippen LogP contribution in [0.25, 0.3) is 10.8 Å². The van der Waals surface area contributed by atoms with Crippen molar-refractivity contribution in [2.24, 2.45) is 0 Å². The maximum absolute atomic E-state index is 13.1. The number of rotatable bonds is 9. The monoisotopic (exact) mass is 542 g/mol. The number of aliphatic hydroxyl groups excluding tert-OH is 1. The molecule has 1 atom stereocenters. The lowest BCUT2D eigenvalue weighted by Crippen LogP contribution is -3.00. The molecular formula is C28H30Cl2N3O4-. The summed E-state index contributed by atoms with van der Waals surface area (Å²) in [7, 11) is 0. The number of benzene rings is 3. The molecule has 2 aliphatic heterocycles. The van der Waals surface area contributed by atoms with E-state index in [1.807, 2.05) is 48.5 Å². The fourth-order valence-corrected chi connectivity index (χ4v) is 5.09. The highest BCUT2D eigenvalue weighted by atomic mass is 35.5. The molecule has 1 unspecified atom stereocenters. The van der Waals surface area contributed by atoms with Crippen LogP contribution in [0, 0.1) is 0 Å². The van der Waals surface area contributed by atoms with E-state index in [4.69, 9.17) is 16.3 Å². The first-order valence-electron chi connectivity index (χ1n) is 12.3. The van der Waals surface area contributed by atoms with Gasteiger partial charge in [0.15, 0.2) is 0 Å². The van der Waals surface area contributed by atoms with E-state index in [0.717, 1.165) is 42.5 Å². The quantitative estimate of drug-likeness (QED) is 0.392. The summed E-state index contributed by atoms with van der Waals surface area (Å²) in [5, 5.41) is 12.7. The lowest BCUT2D eigenvalue weighted by Gasteiger charge is -2.36. The van der Waals surface area contributed by atoms with E-state index in [2.05, 4.69) is 9.80 Å². The molecule has 3 aromatic carbocycles. The number of hydrogen-bond donors (Lipinski definition) is 1. The van der Waals surface area contributed by atoms with Gasteiger partial charge < -0.3 is 22.3 Å². The highest BCUT2D eigenvalue weighted by Gasteiger charge is 2.33. The van der Waals surface area contributed by atoms with Crippen LogP contribution >= 0.6 is 11.6 Å². The smallest absolute Gasteiger partial charge is 0.261 e. The van der Waals surface area contributed by atoms with Crippen molar-refractivity contribution in [2.75, 3.05) is 52.4 Å². The van der Waals surface area contributed by atoms with Gasteiger partial charge >= 0.3 is 0 Å². The predicted octanol–water partition coefficient (Wildman–Crippen LogP) is 0.289. The Morgan fingerprint density at radius 3 is 2.05 bits per heavy atom. The maximum Gasteiger partial charge on any atom is 0.261 e. The number of β-amino-alcohol motifs (C(OH)–C–C–N with tert-alkyl or cyclic N) is 1. The first-order valence-corrected chi connectivity index (χ1v) is 12.7. The zero-order chi connectivity index (χ0) is 25.1. The van der Waals surface area contributed by atoms with E-state index < -0.39 is 6.10 Å². The van der Waals surface area contributed by atoms with Crippen LogP contribution in [0.4, 0.5) is 0 Å². The Bertz CT molecular complexity index is 1200. The van der Waals surface area contributed by atoms with Crippen molar-refractivity contribution >= 4 is 34.2 Å². The molecule has 0 aromatic heterocycles. The van der Waals surface area contributed by atoms with Gasteiger partial charge in [0.2, 0.25) is 0 Å². The van der Waals surface area contributed by atoms with Gasteiger partial charge in [-0.15, -0.1) is 0 Å². The van der Waals surface area contributed by atoms with E-state index >= 15 is 0 Å². The van der Waals surface area contributed by atoms with Gasteiger partial charge in [0, 0.05) is 67.3 Å². The fraction of sp³-hybridized carbons (Fsp3) is 0.357. The number of aliphatic hydroxyl groups is 1. The van der Waals surface area contributed by atoms with Gasteiger partial charge in [0.1, 0.15) is 0 Å². The second-order valence-electron chi connectivity index (χ2n) is 9.41. The third kappa shape index (κ3) is 6.32. The van der Waals surface area contributed by atoms with Gasteiger partial charge in [0.25, 0.3) is 11.8 Å². The minimum absolute atomic E-state index is 0. The minimum atomic E-state index is -0.560. The summed E-state index contributed by atoms with van der Waals surface area (Å²) in [4.78, 5) is 32.0. The molecule has 3 aromatic rings. The largest absolute Gasteiger partial charge is 1.00 e. The molecule has 0 saturated carbocycles. The second-order valence-corrected chi connectivity index (χ2v) is 9.85. The molecule has 9 heteroatoms. The molecule has 2 amide bonds. The molecule has 1 N–H and O–H groups in total. The summed E-state index contributed by atoms with van der Waals surface area (Å²) < 4.78 is 5.66. The van der Waals surface area contributed by atoms with Crippen molar-refractivity contribution < 1.29 is 31.8 Å². The lowest BCUT2D eigenvalue weighted by molar-refractivity contribution is -0.0000431. The molecule has 2 heterocycles. The lowest BCUT2D eigenvalue weighted by atomic mass is 9.94. The Labute approximate surface area is 228 Å². The normalized spacial score (nSPS) is 17.2. The molecule has 2 aliphatic rings. The van der Waals surface area contributed by atoms with Crippen molar-refractivity contribution in [3.05, 3.63) is 82.4 Å². The van der Waals surface area contributed by atoms with Gasteiger partial charge in [0.05, 0.1) is 19.3 Å². The molecule has 0 bridgehead atoms. The van der Waals surface area contributed by atoms with E-state index in [1.54, 1.807) is 12.1 Å². The summed E-state index contributed by atoms with van der Waals surface area (Å²) in [6, 6.07) is 18.7. The Kier molecular flexibility index (Phi) is 9.18. The molecule has 0 radical (unpaired) electrons. The Morgan fingerprint density at radius 2 is 1.43 bits per heavy atom. The average molecular weight is 543 g/mol. The Balaban J connectivity index is 0.00000320. The number of imide groups is 1. The number of halogens is 2. The van der Waals surface area contributed by atoms with Crippen LogP contribution < -0.4 is 12.4 Å². The molecular weight excluding hydrogens is 513 g/mol. The second kappa shape index (κ2) is 12.3. The summed E-state index contributed by atoms with van der Waals surface area (Å²) in [5.74, 6) is -0.436. The Hall–Kier alpha value is -2.52. The van der Waals surface area contributed by atoms with Crippen molar-refractivity contribution in [3.8, 4) is 0 Å². The van der Waals surface area contributed by atoms with Crippen LogP contribution in [-0.4, -0.2) is 90.1 Å². The van der Waals surface area contributed by atoms with Crippen LogP contribution in [0.1, 0.15) is 26.3 Å². The van der Waals surface area contributed by atoms with Gasteiger partial charge in [-0.05, 0) is 35.2 Å². The van der Waals surface area contributed by atoms with E-state index in [9.17, 15) is 14.7 Å². The number of piperazine rings is 1. The van der Waals surface area contributed by atoms with Crippen LogP contribution in [0.15, 0.2) is 60.7 Å². The van der Waals surface area contributed by atoms with Gasteiger partial charge in [-0.3, -0.25) is 24.3 Å². The summed E-state index contributed by atoms with van der Waals surface area (Å²) in [6.45, 7) is 5.54. The highest BCUT2D eigenvalue weighted by Crippen LogP contribution is 2.29. The SMILES string of the molecule is O=C1c2cccc3cccc(c23)C(=O)N1CCN1CCN(CC(O)COCc2ccc(Cl)cc2)CC1.[Cl-]. The third-order valence-corrected chi connectivity index (χ3v) is 7.17. The summed E-state index contributed by atoms with van der Waals surface area (Å²) in [6.07, 6.45) is -0.560. The Morgan fingerprint density at radius 1 is 0.838 bits per heavy atom. The maximum atomic E-state index is 13.1. The molecule has 5 rings (SSSR count). The molecule has 1 fully saturated rings. The number of hydrogen-bond acceptors (Lipinski definition) is 6. The zero-order valence-corrected chi connectivity index (χ0v) is 22.0. The van der Waals surface area contributed by atoms with Gasteiger partial charge in [-0.2, -0.15) is 0 Å². The van der Waals surface area contributed by atoms with Crippen molar-refractivity contribution in [2.45, 2.75) is 12.7 Å². The van der Waals surface area contributed by atoms with Gasteiger partial charge in [-0.1, -0.05) is 48.0 Å². The molecule has 0 aliphatic carbocycles. The number of amides is 2. The number of nitrogens with zero attached hydrogens (tertiary/aromatic N) is 3. The molecule has 196 valence electrons. The molecule has 7 nitrogen and oxygen atoms in total. The van der Waals surface area contributed by atoms with Crippen LogP contribution in [0.5, 0.6) is 0 Å². The topological polar surface area (TPSA) is 73.3 Å². The predicted molar refractivity (Wildman–Crippen MR) is 139 cm³/mol. The summed E-state index contributed by atoms with van der Waals surface area (Å²) >= 11 is 5.90. The molecule has 1 saturated heterocycles. The van der Waals surface area contributed by atoms with Crippen molar-refractivity contribution in [3.63, 3.8) is 0 Å². The van der Waals surface area contributed by atoms with Crippen molar-refractivity contribution in [1.29, 1.82) is 0 Å². The third-order valence-electron chi connectivity index (χ3n) is 6.92. The van der Waals surface area contributed by atoms with E-state index in [0.29, 0.717) is 42.4 Å². The van der Waals surface area contributed by atoms with Gasteiger partial charge in [-0.25, -0.2) is 0 Å². The first kappa shape index (κ1) is 27.5. The van der Waals surface area contributed by atoms with E-state index in [-0.39, 0.29) is 30.8 Å². The van der Waals surface area contributed by atoms with Crippen LogP contribution in [0.3, 0.4) is 0 Å². The molecule has 0 spiro atoms. The van der Waals surface area contributed by atoms with Crippen LogP contribution in [-0.2, 0) is 11.3 Å². The molecule has 37 heavy (non-hydrogen) atoms. The van der Waals surface area contributed by atoms with Crippen LogP contribution in [0.2, 0.25) is 5.02 Å². The summed E-state index contributed by atoms with van der Waals surface area (Å²) in [5.41, 5.74) is 2.21.